The average molecular weight is 284 g/mol. The minimum atomic E-state index is 0.268. The van der Waals surface area contributed by atoms with Crippen LogP contribution in [0.3, 0.4) is 0 Å². The van der Waals surface area contributed by atoms with E-state index in [2.05, 4.69) is 27.4 Å². The molecule has 5 heteroatoms. The molecule has 1 atom stereocenters. The molecule has 1 aromatic carbocycles. The van der Waals surface area contributed by atoms with Gasteiger partial charge in [-0.05, 0) is 49.9 Å². The van der Waals surface area contributed by atoms with Gasteiger partial charge >= 0.3 is 0 Å². The molecule has 0 bridgehead atoms. The fraction of sp³-hybridized carbons (Fsp3) is 0.375. The summed E-state index contributed by atoms with van der Waals surface area (Å²) in [5, 5.41) is 3.48. The maximum atomic E-state index is 5.84. The SMILES string of the molecule is CCOc1cc(NC2CCc3cc(N)ccc32)nc(C)n1. The maximum absolute atomic E-state index is 5.84. The number of nitrogens with zero attached hydrogens (tertiary/aromatic N) is 2. The molecule has 2 aromatic rings. The van der Waals surface area contributed by atoms with Gasteiger partial charge in [-0.3, -0.25) is 0 Å². The van der Waals surface area contributed by atoms with E-state index in [1.165, 1.54) is 11.1 Å². The Morgan fingerprint density at radius 3 is 3.00 bits per heavy atom. The van der Waals surface area contributed by atoms with Crippen molar-refractivity contribution >= 4 is 11.5 Å². The van der Waals surface area contributed by atoms with Crippen LogP contribution >= 0.6 is 0 Å². The van der Waals surface area contributed by atoms with Crippen molar-refractivity contribution in [2.45, 2.75) is 32.7 Å². The number of aryl methyl sites for hydroxylation is 2. The maximum Gasteiger partial charge on any atom is 0.218 e. The summed E-state index contributed by atoms with van der Waals surface area (Å²) < 4.78 is 5.47. The number of benzene rings is 1. The predicted molar refractivity (Wildman–Crippen MR) is 83.5 cm³/mol. The lowest BCUT2D eigenvalue weighted by molar-refractivity contribution is 0.325. The minimum Gasteiger partial charge on any atom is -0.478 e. The van der Waals surface area contributed by atoms with Crippen molar-refractivity contribution in [3.05, 3.63) is 41.2 Å². The summed E-state index contributed by atoms with van der Waals surface area (Å²) in [7, 11) is 0. The molecule has 21 heavy (non-hydrogen) atoms. The Morgan fingerprint density at radius 2 is 2.19 bits per heavy atom. The van der Waals surface area contributed by atoms with E-state index in [1.54, 1.807) is 0 Å². The van der Waals surface area contributed by atoms with Crippen molar-refractivity contribution in [1.82, 2.24) is 9.97 Å². The first kappa shape index (κ1) is 13.7. The molecule has 1 heterocycles. The molecule has 0 amide bonds. The third-order valence-corrected chi connectivity index (χ3v) is 3.67. The van der Waals surface area contributed by atoms with E-state index in [-0.39, 0.29) is 6.04 Å². The molecule has 1 aromatic heterocycles. The molecule has 1 aliphatic carbocycles. The zero-order chi connectivity index (χ0) is 14.8. The van der Waals surface area contributed by atoms with Gasteiger partial charge in [0.15, 0.2) is 0 Å². The number of hydrogen-bond acceptors (Lipinski definition) is 5. The topological polar surface area (TPSA) is 73.1 Å². The van der Waals surface area contributed by atoms with E-state index >= 15 is 0 Å². The number of nitrogens with one attached hydrogen (secondary N) is 1. The van der Waals surface area contributed by atoms with Crippen LogP contribution in [0.4, 0.5) is 11.5 Å². The molecular weight excluding hydrogens is 264 g/mol. The first-order valence-electron chi connectivity index (χ1n) is 7.29. The van der Waals surface area contributed by atoms with E-state index in [4.69, 9.17) is 10.5 Å². The Hall–Kier alpha value is -2.30. The highest BCUT2D eigenvalue weighted by Crippen LogP contribution is 2.34. The van der Waals surface area contributed by atoms with Gasteiger partial charge in [0.2, 0.25) is 5.88 Å². The van der Waals surface area contributed by atoms with Crippen molar-refractivity contribution in [3.63, 3.8) is 0 Å². The van der Waals surface area contributed by atoms with Gasteiger partial charge in [-0.1, -0.05) is 6.07 Å². The summed E-state index contributed by atoms with van der Waals surface area (Å²) in [6.45, 7) is 4.42. The normalized spacial score (nSPS) is 16.6. The van der Waals surface area contributed by atoms with Gasteiger partial charge in [0.1, 0.15) is 11.6 Å². The van der Waals surface area contributed by atoms with Gasteiger partial charge in [0, 0.05) is 11.8 Å². The number of anilines is 2. The fourth-order valence-electron chi connectivity index (χ4n) is 2.80. The van der Waals surface area contributed by atoms with Crippen LogP contribution in [0, 0.1) is 6.92 Å². The zero-order valence-electron chi connectivity index (χ0n) is 12.4. The molecule has 5 nitrogen and oxygen atoms in total. The van der Waals surface area contributed by atoms with Crippen LogP contribution in [0.25, 0.3) is 0 Å². The molecule has 0 spiro atoms. The Labute approximate surface area is 124 Å². The number of rotatable bonds is 4. The Balaban J connectivity index is 1.82. The van der Waals surface area contributed by atoms with E-state index in [0.717, 1.165) is 24.3 Å². The summed E-state index contributed by atoms with van der Waals surface area (Å²) in [5.74, 6) is 2.13. The minimum absolute atomic E-state index is 0.268. The second-order valence-corrected chi connectivity index (χ2v) is 5.27. The van der Waals surface area contributed by atoms with Crippen LogP contribution in [0.1, 0.15) is 36.3 Å². The lowest BCUT2D eigenvalue weighted by Gasteiger charge is -2.16. The van der Waals surface area contributed by atoms with Gasteiger partial charge in [-0.2, -0.15) is 4.98 Å². The van der Waals surface area contributed by atoms with E-state index < -0.39 is 0 Å². The number of hydrogen-bond donors (Lipinski definition) is 2. The standard InChI is InChI=1S/C16H20N4O/c1-3-21-16-9-15(18-10(2)19-16)20-14-7-4-11-8-12(17)5-6-13(11)14/h5-6,8-9,14H,3-4,7,17H2,1-2H3,(H,18,19,20). The van der Waals surface area contributed by atoms with Crippen molar-refractivity contribution < 1.29 is 4.74 Å². The Kier molecular flexibility index (Phi) is 3.64. The molecule has 0 radical (unpaired) electrons. The van der Waals surface area contributed by atoms with Crippen LogP contribution in [0.5, 0.6) is 5.88 Å². The van der Waals surface area contributed by atoms with Crippen LogP contribution in [-0.4, -0.2) is 16.6 Å². The lowest BCUT2D eigenvalue weighted by atomic mass is 10.1. The summed E-state index contributed by atoms with van der Waals surface area (Å²) in [6.07, 6.45) is 2.09. The number of nitrogens with two attached hydrogens (primary N) is 1. The first-order chi connectivity index (χ1) is 10.2. The summed E-state index contributed by atoms with van der Waals surface area (Å²) >= 11 is 0. The third-order valence-electron chi connectivity index (χ3n) is 3.67. The highest BCUT2D eigenvalue weighted by atomic mass is 16.5. The molecular formula is C16H20N4O. The molecule has 0 saturated carbocycles. The molecule has 0 saturated heterocycles. The van der Waals surface area contributed by atoms with Crippen molar-refractivity contribution in [3.8, 4) is 5.88 Å². The molecule has 1 aliphatic rings. The second kappa shape index (κ2) is 5.60. The number of aromatic nitrogens is 2. The molecule has 3 N–H and O–H groups in total. The lowest BCUT2D eigenvalue weighted by Crippen LogP contribution is -2.10. The highest BCUT2D eigenvalue weighted by molar-refractivity contribution is 5.51. The van der Waals surface area contributed by atoms with Crippen molar-refractivity contribution in [1.29, 1.82) is 0 Å². The van der Waals surface area contributed by atoms with Gasteiger partial charge in [0.25, 0.3) is 0 Å². The van der Waals surface area contributed by atoms with Crippen LogP contribution in [-0.2, 0) is 6.42 Å². The van der Waals surface area contributed by atoms with Gasteiger partial charge in [-0.15, -0.1) is 0 Å². The smallest absolute Gasteiger partial charge is 0.218 e. The number of nitrogen functional groups attached to an aromatic ring is 1. The zero-order valence-corrected chi connectivity index (χ0v) is 12.4. The van der Waals surface area contributed by atoms with Gasteiger partial charge in [-0.25, -0.2) is 4.98 Å². The molecule has 1 unspecified atom stereocenters. The van der Waals surface area contributed by atoms with Gasteiger partial charge < -0.3 is 15.8 Å². The highest BCUT2D eigenvalue weighted by Gasteiger charge is 2.22. The summed E-state index contributed by atoms with van der Waals surface area (Å²) in [6, 6.07) is 8.24. The number of fused-ring (bicyclic) bond motifs is 1. The summed E-state index contributed by atoms with van der Waals surface area (Å²) in [4.78, 5) is 8.71. The van der Waals surface area contributed by atoms with Crippen LogP contribution in [0.15, 0.2) is 24.3 Å². The third kappa shape index (κ3) is 2.91. The van der Waals surface area contributed by atoms with E-state index in [0.29, 0.717) is 18.3 Å². The Bertz CT molecular complexity index is 657. The van der Waals surface area contributed by atoms with Crippen molar-refractivity contribution in [2.75, 3.05) is 17.7 Å². The van der Waals surface area contributed by atoms with E-state index in [9.17, 15) is 0 Å². The van der Waals surface area contributed by atoms with E-state index in [1.807, 2.05) is 26.0 Å². The predicted octanol–water partition coefficient (Wildman–Crippen LogP) is 2.87. The molecule has 3 rings (SSSR count). The quantitative estimate of drug-likeness (QED) is 0.845. The fourth-order valence-corrected chi connectivity index (χ4v) is 2.80. The largest absolute Gasteiger partial charge is 0.478 e. The summed E-state index contributed by atoms with van der Waals surface area (Å²) in [5.41, 5.74) is 9.30. The van der Waals surface area contributed by atoms with Crippen LogP contribution in [0.2, 0.25) is 0 Å². The van der Waals surface area contributed by atoms with Gasteiger partial charge in [0.05, 0.1) is 12.6 Å². The molecule has 110 valence electrons. The average Bonchev–Trinajstić information content (AvgIpc) is 2.81. The molecule has 0 fully saturated rings. The monoisotopic (exact) mass is 284 g/mol. The second-order valence-electron chi connectivity index (χ2n) is 5.27. The first-order valence-corrected chi connectivity index (χ1v) is 7.29. The number of ether oxygens (including phenoxy) is 1. The molecule has 0 aliphatic heterocycles. The van der Waals surface area contributed by atoms with Crippen molar-refractivity contribution in [2.24, 2.45) is 0 Å². The Morgan fingerprint density at radius 1 is 1.33 bits per heavy atom. The van der Waals surface area contributed by atoms with Crippen LogP contribution < -0.4 is 15.8 Å².